The third-order valence-corrected chi connectivity index (χ3v) is 5.27. The molecule has 29 heavy (non-hydrogen) atoms. The van der Waals surface area contributed by atoms with Crippen LogP contribution < -0.4 is 10.6 Å². The first-order valence-corrected chi connectivity index (χ1v) is 9.71. The summed E-state index contributed by atoms with van der Waals surface area (Å²) >= 11 is 0. The molecule has 2 aliphatic rings. The van der Waals surface area contributed by atoms with Crippen molar-refractivity contribution in [1.29, 1.82) is 0 Å². The molecule has 0 radical (unpaired) electrons. The Hall–Kier alpha value is -2.16. The zero-order valence-corrected chi connectivity index (χ0v) is 16.9. The number of amides is 2. The Balaban J connectivity index is 1.38. The average Bonchev–Trinajstić information content (AvgIpc) is 2.52. The predicted octanol–water partition coefficient (Wildman–Crippen LogP) is 2.46. The summed E-state index contributed by atoms with van der Waals surface area (Å²) in [5, 5.41) is 5.64. The molecule has 1 aliphatic heterocycles. The monoisotopic (exact) mass is 412 g/mol. The predicted molar refractivity (Wildman–Crippen MR) is 101 cm³/mol. The van der Waals surface area contributed by atoms with Crippen molar-refractivity contribution in [3.8, 4) is 0 Å². The van der Waals surface area contributed by atoms with E-state index in [1.165, 1.54) is 12.1 Å². The summed E-state index contributed by atoms with van der Waals surface area (Å²) in [6.07, 6.45) is -2.68. The highest BCUT2D eigenvalue weighted by Crippen LogP contribution is 2.51. The highest BCUT2D eigenvalue weighted by atomic mass is 19.4. The molecule has 9 heteroatoms. The molecular weight excluding hydrogens is 385 g/mol. The number of nitrogens with one attached hydrogen (secondary N) is 2. The van der Waals surface area contributed by atoms with Crippen LogP contribution in [0.15, 0.2) is 18.2 Å². The van der Waals surface area contributed by atoms with E-state index in [1.54, 1.807) is 0 Å². The van der Waals surface area contributed by atoms with Crippen molar-refractivity contribution in [3.05, 3.63) is 29.6 Å². The smallest absolute Gasteiger partial charge is 0.350 e. The zero-order chi connectivity index (χ0) is 21.4. The van der Waals surface area contributed by atoms with Crippen molar-refractivity contribution in [2.24, 2.45) is 11.3 Å². The van der Waals surface area contributed by atoms with Gasteiger partial charge in [0, 0.05) is 25.2 Å². The molecule has 0 aromatic carbocycles. The molecule has 1 aromatic heterocycles. The van der Waals surface area contributed by atoms with Crippen molar-refractivity contribution in [2.75, 3.05) is 26.2 Å². The van der Waals surface area contributed by atoms with E-state index in [-0.39, 0.29) is 22.6 Å². The fraction of sp³-hybridized carbons (Fsp3) is 0.650. The Kier molecular flexibility index (Phi) is 5.64. The normalized spacial score (nSPS) is 19.4. The van der Waals surface area contributed by atoms with E-state index in [0.29, 0.717) is 19.0 Å². The summed E-state index contributed by atoms with van der Waals surface area (Å²) in [5.41, 5.74) is -1.33. The number of pyridine rings is 1. The second-order valence-electron chi connectivity index (χ2n) is 9.33. The molecule has 160 valence electrons. The fourth-order valence-electron chi connectivity index (χ4n) is 4.29. The van der Waals surface area contributed by atoms with E-state index in [1.807, 2.05) is 20.8 Å². The molecule has 1 saturated heterocycles. The van der Waals surface area contributed by atoms with Gasteiger partial charge in [0.15, 0.2) is 0 Å². The Morgan fingerprint density at radius 3 is 2.45 bits per heavy atom. The van der Waals surface area contributed by atoms with Crippen LogP contribution in [0.4, 0.5) is 13.2 Å². The van der Waals surface area contributed by atoms with E-state index in [0.717, 1.165) is 32.0 Å². The van der Waals surface area contributed by atoms with Crippen LogP contribution in [0, 0.1) is 11.3 Å². The van der Waals surface area contributed by atoms with E-state index in [4.69, 9.17) is 0 Å². The number of alkyl halides is 3. The van der Waals surface area contributed by atoms with Gasteiger partial charge in [0.1, 0.15) is 11.4 Å². The molecule has 1 aliphatic carbocycles. The van der Waals surface area contributed by atoms with Gasteiger partial charge in [-0.25, -0.2) is 4.98 Å². The molecule has 1 spiro atoms. The molecule has 2 heterocycles. The highest BCUT2D eigenvalue weighted by molar-refractivity contribution is 5.92. The standard InChI is InChI=1S/C20H27F3N4O2/c1-18(2,3)26-16(28)10-27-11-19(12-27)7-13(8-19)9-24-17(29)14-5-4-6-15(25-14)20(21,22)23/h4-6,13H,7-12H2,1-3H3,(H,24,29)(H,26,28). The van der Waals surface area contributed by atoms with Gasteiger partial charge >= 0.3 is 6.18 Å². The largest absolute Gasteiger partial charge is 0.433 e. The number of nitrogens with zero attached hydrogens (tertiary/aromatic N) is 2. The van der Waals surface area contributed by atoms with Crippen LogP contribution in [-0.2, 0) is 11.0 Å². The minimum Gasteiger partial charge on any atom is -0.350 e. The van der Waals surface area contributed by atoms with Crippen molar-refractivity contribution in [2.45, 2.75) is 45.3 Å². The van der Waals surface area contributed by atoms with Gasteiger partial charge in [0.05, 0.1) is 6.54 Å². The first-order valence-electron chi connectivity index (χ1n) is 9.71. The number of rotatable bonds is 5. The van der Waals surface area contributed by atoms with Crippen LogP contribution in [0.5, 0.6) is 0 Å². The van der Waals surface area contributed by atoms with Gasteiger partial charge in [-0.1, -0.05) is 6.07 Å². The average molecular weight is 412 g/mol. The van der Waals surface area contributed by atoms with Crippen molar-refractivity contribution in [3.63, 3.8) is 0 Å². The Morgan fingerprint density at radius 2 is 1.86 bits per heavy atom. The van der Waals surface area contributed by atoms with Gasteiger partial charge in [-0.3, -0.25) is 14.5 Å². The van der Waals surface area contributed by atoms with Crippen LogP contribution in [0.3, 0.4) is 0 Å². The summed E-state index contributed by atoms with van der Waals surface area (Å²) < 4.78 is 38.1. The summed E-state index contributed by atoms with van der Waals surface area (Å²) in [5.74, 6) is -0.273. The van der Waals surface area contributed by atoms with Gasteiger partial charge in [0.25, 0.3) is 5.91 Å². The Bertz CT molecular complexity index is 775. The number of hydrogen-bond acceptors (Lipinski definition) is 4. The summed E-state index contributed by atoms with van der Waals surface area (Å²) in [7, 11) is 0. The maximum Gasteiger partial charge on any atom is 0.433 e. The number of carbonyl (C=O) groups is 2. The molecule has 0 unspecified atom stereocenters. The van der Waals surface area contributed by atoms with Crippen LogP contribution >= 0.6 is 0 Å². The lowest BCUT2D eigenvalue weighted by Crippen LogP contribution is -2.64. The molecule has 2 fully saturated rings. The van der Waals surface area contributed by atoms with E-state index < -0.39 is 17.8 Å². The van der Waals surface area contributed by atoms with Crippen molar-refractivity contribution in [1.82, 2.24) is 20.5 Å². The summed E-state index contributed by atoms with van der Waals surface area (Å²) in [6, 6.07) is 3.30. The number of aromatic nitrogens is 1. The van der Waals surface area contributed by atoms with E-state index in [9.17, 15) is 22.8 Å². The van der Waals surface area contributed by atoms with Gasteiger partial charge in [0.2, 0.25) is 5.91 Å². The minimum absolute atomic E-state index is 0.0177. The van der Waals surface area contributed by atoms with Crippen LogP contribution in [0.1, 0.15) is 49.8 Å². The number of halogens is 3. The maximum absolute atomic E-state index is 12.7. The zero-order valence-electron chi connectivity index (χ0n) is 16.9. The minimum atomic E-state index is -4.57. The molecule has 2 N–H and O–H groups in total. The molecule has 0 bridgehead atoms. The van der Waals surface area contributed by atoms with Crippen LogP contribution in [-0.4, -0.2) is 53.4 Å². The molecule has 1 saturated carbocycles. The number of hydrogen-bond donors (Lipinski definition) is 2. The lowest BCUT2D eigenvalue weighted by molar-refractivity contribution is -0.141. The summed E-state index contributed by atoms with van der Waals surface area (Å²) in [4.78, 5) is 29.6. The van der Waals surface area contributed by atoms with Crippen molar-refractivity contribution < 1.29 is 22.8 Å². The second-order valence-corrected chi connectivity index (χ2v) is 9.33. The molecule has 6 nitrogen and oxygen atoms in total. The SMILES string of the molecule is CC(C)(C)NC(=O)CN1CC2(CC(CNC(=O)c3cccc(C(F)(F)F)n3)C2)C1. The topological polar surface area (TPSA) is 74.3 Å². The molecular formula is C20H27F3N4O2. The van der Waals surface area contributed by atoms with Gasteiger partial charge in [-0.05, 0) is 57.1 Å². The highest BCUT2D eigenvalue weighted by Gasteiger charge is 2.52. The van der Waals surface area contributed by atoms with Crippen molar-refractivity contribution >= 4 is 11.8 Å². The molecule has 0 atom stereocenters. The van der Waals surface area contributed by atoms with E-state index >= 15 is 0 Å². The van der Waals surface area contributed by atoms with Gasteiger partial charge < -0.3 is 10.6 Å². The molecule has 3 rings (SSSR count). The first kappa shape index (κ1) is 21.5. The maximum atomic E-state index is 12.7. The fourth-order valence-corrected chi connectivity index (χ4v) is 4.29. The Morgan fingerprint density at radius 1 is 1.21 bits per heavy atom. The lowest BCUT2D eigenvalue weighted by atomic mass is 9.57. The van der Waals surface area contributed by atoms with Crippen LogP contribution in [0.2, 0.25) is 0 Å². The lowest BCUT2D eigenvalue weighted by Gasteiger charge is -2.59. The van der Waals surface area contributed by atoms with Gasteiger partial charge in [-0.15, -0.1) is 0 Å². The Labute approximate surface area is 168 Å². The third kappa shape index (κ3) is 5.46. The van der Waals surface area contributed by atoms with E-state index in [2.05, 4.69) is 20.5 Å². The molecule has 2 amide bonds. The van der Waals surface area contributed by atoms with Crippen LogP contribution in [0.25, 0.3) is 0 Å². The first-order chi connectivity index (χ1) is 13.4. The number of carbonyl (C=O) groups excluding carboxylic acids is 2. The van der Waals surface area contributed by atoms with Gasteiger partial charge in [-0.2, -0.15) is 13.2 Å². The second kappa shape index (κ2) is 7.59. The third-order valence-electron chi connectivity index (χ3n) is 5.27. The number of likely N-dealkylation sites (tertiary alicyclic amines) is 1. The molecule has 1 aromatic rings. The summed E-state index contributed by atoms with van der Waals surface area (Å²) in [6.45, 7) is 8.38. The quantitative estimate of drug-likeness (QED) is 0.779.